The molecule has 0 bridgehead atoms. The van der Waals surface area contributed by atoms with E-state index < -0.39 is 6.10 Å². The summed E-state index contributed by atoms with van der Waals surface area (Å²) in [7, 11) is 1.70. The van der Waals surface area contributed by atoms with E-state index in [1.165, 1.54) is 13.8 Å². The zero-order valence-corrected chi connectivity index (χ0v) is 12.5. The van der Waals surface area contributed by atoms with Gasteiger partial charge in [0.05, 0.1) is 6.10 Å². The Kier molecular flexibility index (Phi) is 8.34. The smallest absolute Gasteiger partial charge is 0.251 e. The summed E-state index contributed by atoms with van der Waals surface area (Å²) in [4.78, 5) is 25.6. The van der Waals surface area contributed by atoms with Gasteiger partial charge in [0, 0.05) is 40.2 Å². The number of rotatable bonds is 2. The zero-order valence-electron chi connectivity index (χ0n) is 12.5. The molecular weight excluding hydrogens is 248 g/mol. The maximum atomic E-state index is 11.3. The Morgan fingerprint density at radius 1 is 1.05 bits per heavy atom. The lowest BCUT2D eigenvalue weighted by atomic mass is 10.2. The molecule has 2 amide bonds. The molecule has 0 aliphatic carbocycles. The minimum Gasteiger partial charge on any atom is -0.384 e. The zero-order chi connectivity index (χ0) is 15.0. The Balaban J connectivity index is 0.000000555. The summed E-state index contributed by atoms with van der Waals surface area (Å²) in [6.45, 7) is 9.14. The van der Waals surface area contributed by atoms with Gasteiger partial charge in [0.1, 0.15) is 6.10 Å². The van der Waals surface area contributed by atoms with Crippen molar-refractivity contribution in [3.05, 3.63) is 0 Å². The van der Waals surface area contributed by atoms with Crippen LogP contribution >= 0.6 is 0 Å². The van der Waals surface area contributed by atoms with E-state index in [0.717, 1.165) is 0 Å². The average Bonchev–Trinajstić information content (AvgIpc) is 2.38. The van der Waals surface area contributed by atoms with E-state index in [1.54, 1.807) is 16.9 Å². The van der Waals surface area contributed by atoms with Gasteiger partial charge in [-0.15, -0.1) is 0 Å². The third-order valence-corrected chi connectivity index (χ3v) is 2.87. The van der Waals surface area contributed by atoms with Crippen LogP contribution in [0.2, 0.25) is 0 Å². The van der Waals surface area contributed by atoms with Crippen LogP contribution in [0, 0.1) is 0 Å². The third-order valence-electron chi connectivity index (χ3n) is 2.87. The number of ether oxygens (including phenoxy) is 1. The van der Waals surface area contributed by atoms with Gasteiger partial charge in [-0.25, -0.2) is 0 Å². The summed E-state index contributed by atoms with van der Waals surface area (Å²) in [5.41, 5.74) is 0. The van der Waals surface area contributed by atoms with Crippen LogP contribution in [0.5, 0.6) is 0 Å². The van der Waals surface area contributed by atoms with Gasteiger partial charge in [0.15, 0.2) is 0 Å². The van der Waals surface area contributed by atoms with Crippen molar-refractivity contribution < 1.29 is 19.4 Å². The third kappa shape index (κ3) is 7.12. The summed E-state index contributed by atoms with van der Waals surface area (Å²) in [5, 5.41) is 9.08. The van der Waals surface area contributed by atoms with Gasteiger partial charge in [-0.2, -0.15) is 0 Å². The fourth-order valence-electron chi connectivity index (χ4n) is 1.51. The Morgan fingerprint density at radius 3 is 1.68 bits per heavy atom. The van der Waals surface area contributed by atoms with Crippen molar-refractivity contribution in [2.75, 3.05) is 33.3 Å². The van der Waals surface area contributed by atoms with Crippen molar-refractivity contribution in [2.24, 2.45) is 0 Å². The van der Waals surface area contributed by atoms with E-state index in [4.69, 9.17) is 9.84 Å². The molecule has 1 N–H and O–H groups in total. The van der Waals surface area contributed by atoms with Gasteiger partial charge in [-0.05, 0) is 20.8 Å². The summed E-state index contributed by atoms with van der Waals surface area (Å²) < 4.78 is 4.75. The highest BCUT2D eigenvalue weighted by molar-refractivity contribution is 5.80. The molecule has 1 unspecified atom stereocenters. The first-order valence-electron chi connectivity index (χ1n) is 6.54. The van der Waals surface area contributed by atoms with Gasteiger partial charge in [-0.3, -0.25) is 9.59 Å². The van der Waals surface area contributed by atoms with E-state index in [2.05, 4.69) is 0 Å². The molecular formula is C13H26N2O4. The van der Waals surface area contributed by atoms with Crippen LogP contribution in [0.4, 0.5) is 0 Å². The number of hydrogen-bond donors (Lipinski definition) is 1. The SMILES string of the molecule is CC(=O)N1CCN(C(=O)C(C)O)CC1.COC(C)C. The molecule has 1 heterocycles. The average molecular weight is 274 g/mol. The van der Waals surface area contributed by atoms with Crippen molar-refractivity contribution in [1.82, 2.24) is 9.80 Å². The van der Waals surface area contributed by atoms with Crippen LogP contribution in [0.1, 0.15) is 27.7 Å². The highest BCUT2D eigenvalue weighted by Gasteiger charge is 2.24. The molecule has 0 aromatic carbocycles. The van der Waals surface area contributed by atoms with Crippen molar-refractivity contribution in [1.29, 1.82) is 0 Å². The van der Waals surface area contributed by atoms with Gasteiger partial charge in [-0.1, -0.05) is 0 Å². The molecule has 1 atom stereocenters. The summed E-state index contributed by atoms with van der Waals surface area (Å²) in [5.74, 6) is -0.220. The van der Waals surface area contributed by atoms with Gasteiger partial charge in [0.2, 0.25) is 5.91 Å². The molecule has 6 nitrogen and oxygen atoms in total. The highest BCUT2D eigenvalue weighted by atomic mass is 16.5. The molecule has 6 heteroatoms. The lowest BCUT2D eigenvalue weighted by molar-refractivity contribution is -0.144. The van der Waals surface area contributed by atoms with Gasteiger partial charge < -0.3 is 19.6 Å². The molecule has 1 rings (SSSR count). The standard InChI is InChI=1S/C9H16N2O3.C4H10O/c1-7(12)9(14)11-5-3-10(4-6-11)8(2)13;1-4(2)5-3/h7,12H,3-6H2,1-2H3;4H,1-3H3. The summed E-state index contributed by atoms with van der Waals surface area (Å²) in [6, 6.07) is 0. The van der Waals surface area contributed by atoms with Gasteiger partial charge in [0.25, 0.3) is 5.91 Å². The molecule has 0 radical (unpaired) electrons. The monoisotopic (exact) mass is 274 g/mol. The molecule has 0 aromatic rings. The van der Waals surface area contributed by atoms with E-state index in [9.17, 15) is 9.59 Å². The van der Waals surface area contributed by atoms with E-state index in [1.807, 2.05) is 13.8 Å². The number of methoxy groups -OCH3 is 1. The Hall–Kier alpha value is -1.14. The largest absolute Gasteiger partial charge is 0.384 e. The second-order valence-corrected chi connectivity index (χ2v) is 4.79. The van der Waals surface area contributed by atoms with Crippen LogP contribution < -0.4 is 0 Å². The molecule has 0 spiro atoms. The van der Waals surface area contributed by atoms with E-state index >= 15 is 0 Å². The predicted octanol–water partition coefficient (Wildman–Crippen LogP) is 0.0991. The molecule has 1 aliphatic rings. The molecule has 1 saturated heterocycles. The quantitative estimate of drug-likeness (QED) is 0.775. The maximum absolute atomic E-state index is 11.3. The minimum atomic E-state index is -0.945. The number of carbonyl (C=O) groups excluding carboxylic acids is 2. The number of hydrogen-bond acceptors (Lipinski definition) is 4. The van der Waals surface area contributed by atoms with E-state index in [0.29, 0.717) is 32.3 Å². The molecule has 19 heavy (non-hydrogen) atoms. The summed E-state index contributed by atoms with van der Waals surface area (Å²) >= 11 is 0. The van der Waals surface area contributed by atoms with Crippen LogP contribution in [0.25, 0.3) is 0 Å². The molecule has 1 aliphatic heterocycles. The van der Waals surface area contributed by atoms with Crippen molar-refractivity contribution in [3.63, 3.8) is 0 Å². The van der Waals surface area contributed by atoms with E-state index in [-0.39, 0.29) is 11.8 Å². The second-order valence-electron chi connectivity index (χ2n) is 4.79. The Labute approximate surface area is 115 Å². The number of carbonyl (C=O) groups is 2. The van der Waals surface area contributed by atoms with Crippen molar-refractivity contribution in [2.45, 2.75) is 39.9 Å². The number of nitrogens with zero attached hydrogens (tertiary/aromatic N) is 2. The predicted molar refractivity (Wildman–Crippen MR) is 72.7 cm³/mol. The van der Waals surface area contributed by atoms with Gasteiger partial charge >= 0.3 is 0 Å². The topological polar surface area (TPSA) is 70.1 Å². The number of aliphatic hydroxyl groups is 1. The molecule has 0 saturated carbocycles. The fourth-order valence-corrected chi connectivity index (χ4v) is 1.51. The maximum Gasteiger partial charge on any atom is 0.251 e. The molecule has 0 aromatic heterocycles. The lowest BCUT2D eigenvalue weighted by Gasteiger charge is -2.34. The Morgan fingerprint density at radius 2 is 1.42 bits per heavy atom. The first kappa shape index (κ1) is 17.9. The lowest BCUT2D eigenvalue weighted by Crippen LogP contribution is -2.52. The normalized spacial score (nSPS) is 16.8. The van der Waals surface area contributed by atoms with Crippen molar-refractivity contribution >= 4 is 11.8 Å². The molecule has 1 fully saturated rings. The van der Waals surface area contributed by atoms with Crippen molar-refractivity contribution in [3.8, 4) is 0 Å². The summed E-state index contributed by atoms with van der Waals surface area (Å²) in [6.07, 6.45) is -0.561. The first-order valence-corrected chi connectivity index (χ1v) is 6.54. The fraction of sp³-hybridized carbons (Fsp3) is 0.846. The minimum absolute atomic E-state index is 0.0362. The van der Waals surface area contributed by atoms with Crippen LogP contribution in [0.3, 0.4) is 0 Å². The number of amides is 2. The first-order chi connectivity index (χ1) is 8.79. The second kappa shape index (κ2) is 8.87. The van der Waals surface area contributed by atoms with Crippen LogP contribution in [0.15, 0.2) is 0 Å². The Bertz CT molecular complexity index is 284. The highest BCUT2D eigenvalue weighted by Crippen LogP contribution is 2.03. The molecule has 112 valence electrons. The number of piperazine rings is 1. The van der Waals surface area contributed by atoms with Crippen LogP contribution in [-0.2, 0) is 14.3 Å². The number of aliphatic hydroxyl groups excluding tert-OH is 1. The van der Waals surface area contributed by atoms with Crippen LogP contribution in [-0.4, -0.2) is 72.2 Å².